The fourth-order valence-corrected chi connectivity index (χ4v) is 6.67. The first kappa shape index (κ1) is 22.8. The normalized spacial score (nSPS) is 37.2. The zero-order valence-electron chi connectivity index (χ0n) is 19.3. The van der Waals surface area contributed by atoms with E-state index in [-0.39, 0.29) is 6.10 Å². The molecule has 0 amide bonds. The van der Waals surface area contributed by atoms with Gasteiger partial charge in [-0.3, -0.25) is 0 Å². The van der Waals surface area contributed by atoms with Crippen molar-refractivity contribution in [3.05, 3.63) is 35.5 Å². The molecule has 0 radical (unpaired) electrons. The maximum atomic E-state index is 10.0. The molecule has 0 aromatic rings. The van der Waals surface area contributed by atoms with Crippen molar-refractivity contribution in [1.29, 1.82) is 0 Å². The summed E-state index contributed by atoms with van der Waals surface area (Å²) in [5.41, 5.74) is 4.02. The van der Waals surface area contributed by atoms with Crippen molar-refractivity contribution in [2.75, 3.05) is 0 Å². The molecular weight excluding hydrogens is 356 g/mol. The standard InChI is InChI=1S/C27H44O2/c1-19-10-13-23(28)18-22(19)12-11-21-9-7-17-27(5)24(14-15-25(21)27)20(2)8-6-16-26(3,4)29/h11-12,20,23-25,28-29H,1,6-10,13-18H2,2-5H3/t20-,23+,24?,25?,27?/m0/s1. The number of rotatable bonds is 6. The fourth-order valence-electron chi connectivity index (χ4n) is 6.67. The largest absolute Gasteiger partial charge is 0.393 e. The lowest BCUT2D eigenvalue weighted by Gasteiger charge is -2.44. The van der Waals surface area contributed by atoms with Crippen LogP contribution in [0.5, 0.6) is 0 Å². The van der Waals surface area contributed by atoms with Crippen molar-refractivity contribution < 1.29 is 10.2 Å². The van der Waals surface area contributed by atoms with Crippen LogP contribution in [0.2, 0.25) is 0 Å². The van der Waals surface area contributed by atoms with Crippen LogP contribution in [0.3, 0.4) is 0 Å². The minimum atomic E-state index is -0.535. The molecule has 3 rings (SSSR count). The van der Waals surface area contributed by atoms with Crippen molar-refractivity contribution in [2.24, 2.45) is 23.2 Å². The predicted octanol–water partition coefficient (Wildman–Crippen LogP) is 6.73. The van der Waals surface area contributed by atoms with E-state index >= 15 is 0 Å². The molecule has 0 heterocycles. The highest BCUT2D eigenvalue weighted by molar-refractivity contribution is 5.36. The third-order valence-corrected chi connectivity index (χ3v) is 8.36. The second-order valence-corrected chi connectivity index (χ2v) is 11.2. The molecule has 29 heavy (non-hydrogen) atoms. The molecule has 0 aromatic heterocycles. The first-order valence-corrected chi connectivity index (χ1v) is 12.1. The van der Waals surface area contributed by atoms with Crippen molar-refractivity contribution in [1.82, 2.24) is 0 Å². The van der Waals surface area contributed by atoms with Crippen LogP contribution in [-0.2, 0) is 0 Å². The summed E-state index contributed by atoms with van der Waals surface area (Å²) in [7, 11) is 0. The van der Waals surface area contributed by atoms with E-state index in [4.69, 9.17) is 0 Å². The topological polar surface area (TPSA) is 40.5 Å². The van der Waals surface area contributed by atoms with E-state index < -0.39 is 5.60 Å². The van der Waals surface area contributed by atoms with Crippen LogP contribution in [0, 0.1) is 23.2 Å². The van der Waals surface area contributed by atoms with Crippen molar-refractivity contribution in [3.63, 3.8) is 0 Å². The third-order valence-electron chi connectivity index (χ3n) is 8.36. The van der Waals surface area contributed by atoms with E-state index in [1.54, 1.807) is 5.57 Å². The van der Waals surface area contributed by atoms with Gasteiger partial charge in [-0.1, -0.05) is 56.6 Å². The van der Waals surface area contributed by atoms with E-state index in [0.29, 0.717) is 5.41 Å². The van der Waals surface area contributed by atoms with Crippen molar-refractivity contribution in [3.8, 4) is 0 Å². The van der Waals surface area contributed by atoms with Gasteiger partial charge in [-0.25, -0.2) is 0 Å². The number of allylic oxidation sites excluding steroid dienone is 4. The molecule has 2 nitrogen and oxygen atoms in total. The van der Waals surface area contributed by atoms with Crippen LogP contribution in [0.4, 0.5) is 0 Å². The van der Waals surface area contributed by atoms with E-state index in [0.717, 1.165) is 49.9 Å². The number of aliphatic hydroxyl groups excluding tert-OH is 1. The lowest BCUT2D eigenvalue weighted by Crippen LogP contribution is -2.36. The molecule has 3 fully saturated rings. The van der Waals surface area contributed by atoms with Gasteiger partial charge in [0.25, 0.3) is 0 Å². The lowest BCUT2D eigenvalue weighted by atomic mass is 9.60. The lowest BCUT2D eigenvalue weighted by molar-refractivity contribution is 0.0596. The van der Waals surface area contributed by atoms with Crippen LogP contribution in [0.25, 0.3) is 0 Å². The van der Waals surface area contributed by atoms with Crippen molar-refractivity contribution in [2.45, 2.75) is 110 Å². The molecule has 0 saturated heterocycles. The Kier molecular flexibility index (Phi) is 7.16. The van der Waals surface area contributed by atoms with Gasteiger partial charge in [-0.15, -0.1) is 0 Å². The van der Waals surface area contributed by atoms with E-state index in [2.05, 4.69) is 32.6 Å². The fraction of sp³-hybridized carbons (Fsp3) is 0.778. The Morgan fingerprint density at radius 3 is 2.69 bits per heavy atom. The Bertz CT molecular complexity index is 650. The third kappa shape index (κ3) is 5.44. The first-order valence-electron chi connectivity index (χ1n) is 12.1. The number of fused-ring (bicyclic) bond motifs is 1. The average molecular weight is 401 g/mol. The average Bonchev–Trinajstić information content (AvgIpc) is 2.99. The quantitative estimate of drug-likeness (QED) is 0.518. The summed E-state index contributed by atoms with van der Waals surface area (Å²) in [6, 6.07) is 0. The monoisotopic (exact) mass is 400 g/mol. The summed E-state index contributed by atoms with van der Waals surface area (Å²) in [4.78, 5) is 0. The minimum Gasteiger partial charge on any atom is -0.393 e. The van der Waals surface area contributed by atoms with Crippen LogP contribution in [0.15, 0.2) is 35.5 Å². The smallest absolute Gasteiger partial charge is 0.0591 e. The number of hydrogen-bond donors (Lipinski definition) is 2. The van der Waals surface area contributed by atoms with Crippen LogP contribution in [0.1, 0.15) is 98.3 Å². The first-order chi connectivity index (χ1) is 13.6. The molecule has 3 unspecified atom stereocenters. The van der Waals surface area contributed by atoms with Gasteiger partial charge in [0.2, 0.25) is 0 Å². The Hall–Kier alpha value is -0.860. The number of aliphatic hydroxyl groups is 2. The Morgan fingerprint density at radius 1 is 1.21 bits per heavy atom. The summed E-state index contributed by atoms with van der Waals surface area (Å²) in [6.45, 7) is 13.1. The van der Waals surface area contributed by atoms with Crippen LogP contribution in [-0.4, -0.2) is 21.9 Å². The van der Waals surface area contributed by atoms with E-state index in [1.807, 2.05) is 13.8 Å². The van der Waals surface area contributed by atoms with Crippen molar-refractivity contribution >= 4 is 0 Å². The zero-order chi connectivity index (χ0) is 21.2. The van der Waals surface area contributed by atoms with E-state index in [1.165, 1.54) is 49.7 Å². The highest BCUT2D eigenvalue weighted by Crippen LogP contribution is 2.60. The van der Waals surface area contributed by atoms with E-state index in [9.17, 15) is 10.2 Å². The van der Waals surface area contributed by atoms with Crippen LogP contribution >= 0.6 is 0 Å². The summed E-state index contributed by atoms with van der Waals surface area (Å²) >= 11 is 0. The molecule has 5 atom stereocenters. The van der Waals surface area contributed by atoms with Gasteiger partial charge in [0.1, 0.15) is 0 Å². The molecule has 3 saturated carbocycles. The van der Waals surface area contributed by atoms with Gasteiger partial charge in [-0.05, 0) is 100 Å². The molecule has 0 spiro atoms. The molecule has 2 N–H and O–H groups in total. The summed E-state index contributed by atoms with van der Waals surface area (Å²) in [6.07, 6.45) is 16.9. The molecule has 0 bridgehead atoms. The maximum Gasteiger partial charge on any atom is 0.0591 e. The molecule has 0 aliphatic heterocycles. The second-order valence-electron chi connectivity index (χ2n) is 11.2. The minimum absolute atomic E-state index is 0.192. The van der Waals surface area contributed by atoms with Gasteiger partial charge in [0.15, 0.2) is 0 Å². The molecule has 3 aliphatic carbocycles. The molecule has 0 aromatic carbocycles. The predicted molar refractivity (Wildman–Crippen MR) is 123 cm³/mol. The zero-order valence-corrected chi connectivity index (χ0v) is 19.3. The Morgan fingerprint density at radius 2 is 1.97 bits per heavy atom. The summed E-state index contributed by atoms with van der Waals surface area (Å²) in [5, 5.41) is 20.1. The highest BCUT2D eigenvalue weighted by Gasteiger charge is 2.50. The summed E-state index contributed by atoms with van der Waals surface area (Å²) in [5.74, 6) is 2.26. The summed E-state index contributed by atoms with van der Waals surface area (Å²) < 4.78 is 0. The molecule has 2 heteroatoms. The van der Waals surface area contributed by atoms with Gasteiger partial charge >= 0.3 is 0 Å². The Balaban J connectivity index is 1.68. The Labute approximate surface area is 179 Å². The maximum absolute atomic E-state index is 10.0. The van der Waals surface area contributed by atoms with Crippen LogP contribution < -0.4 is 0 Å². The highest BCUT2D eigenvalue weighted by atomic mass is 16.3. The molecule has 164 valence electrons. The molecule has 3 aliphatic rings. The van der Waals surface area contributed by atoms with Gasteiger partial charge in [-0.2, -0.15) is 0 Å². The second kappa shape index (κ2) is 9.10. The van der Waals surface area contributed by atoms with Gasteiger partial charge < -0.3 is 10.2 Å². The molecular formula is C27H44O2. The van der Waals surface area contributed by atoms with Gasteiger partial charge in [0, 0.05) is 0 Å². The number of hydrogen-bond acceptors (Lipinski definition) is 2. The van der Waals surface area contributed by atoms with Gasteiger partial charge in [0.05, 0.1) is 11.7 Å². The SMILES string of the molecule is C=C1CC[C@@H](O)CC1=CC=C1CCCC2(C)C1CCC2[C@@H](C)CCCC(C)(C)O.